The Labute approximate surface area is 184 Å². The Kier molecular flexibility index (Phi) is 7.12. The smallest absolute Gasteiger partial charge is 0.264 e. The molecule has 180 valence electrons. The molecule has 2 rings (SSSR count). The molecule has 0 aromatic heterocycles. The first kappa shape index (κ1) is 26.1. The summed E-state index contributed by atoms with van der Waals surface area (Å²) in [4.78, 5) is 18.2. The minimum absolute atomic E-state index is 0.335. The lowest BCUT2D eigenvalue weighted by atomic mass is 10.1. The summed E-state index contributed by atoms with van der Waals surface area (Å²) in [5, 5.41) is 21.3. The molecule has 0 aliphatic heterocycles. The van der Waals surface area contributed by atoms with Crippen LogP contribution in [0.4, 0.5) is 24.5 Å². The van der Waals surface area contributed by atoms with E-state index in [-0.39, 0.29) is 0 Å². The molecule has 0 saturated heterocycles. The van der Waals surface area contributed by atoms with Crippen LogP contribution in [-0.4, -0.2) is 45.0 Å². The number of alkyl halides is 3. The van der Waals surface area contributed by atoms with E-state index in [1.54, 1.807) is 0 Å². The van der Waals surface area contributed by atoms with Crippen LogP contribution in [0.5, 0.6) is 0 Å². The second-order valence-electron chi connectivity index (χ2n) is 6.65. The highest BCUT2D eigenvalue weighted by Gasteiger charge is 2.54. The van der Waals surface area contributed by atoms with Crippen molar-refractivity contribution in [2.75, 3.05) is 6.61 Å². The molecule has 0 aliphatic carbocycles. The first-order valence-electron chi connectivity index (χ1n) is 8.48. The van der Waals surface area contributed by atoms with Gasteiger partial charge in [0.2, 0.25) is 10.0 Å². The molecule has 0 heterocycles. The predicted octanol–water partition coefficient (Wildman–Crippen LogP) is 2.51. The van der Waals surface area contributed by atoms with E-state index in [9.17, 15) is 50.2 Å². The number of benzene rings is 2. The zero-order chi connectivity index (χ0) is 25.2. The number of nitro benzene ring substituents is 2. The van der Waals surface area contributed by atoms with Crippen molar-refractivity contribution in [3.63, 3.8) is 0 Å². The van der Waals surface area contributed by atoms with Crippen molar-refractivity contribution in [3.8, 4) is 0 Å². The van der Waals surface area contributed by atoms with Crippen LogP contribution < -0.4 is 4.72 Å². The van der Waals surface area contributed by atoms with Crippen LogP contribution >= 0.6 is 0 Å². The number of nitro groups is 2. The quantitative estimate of drug-likeness (QED) is 0.300. The van der Waals surface area contributed by atoms with E-state index >= 15 is 0 Å². The molecule has 1 atom stereocenters. The molecule has 0 unspecified atom stereocenters. The fourth-order valence-electron chi connectivity index (χ4n) is 2.27. The monoisotopic (exact) mass is 513 g/mol. The van der Waals surface area contributed by atoms with Crippen LogP contribution in [0, 0.1) is 20.2 Å². The number of non-ortho nitro benzene ring substituents is 2. The zero-order valence-electron chi connectivity index (χ0n) is 16.3. The predicted molar refractivity (Wildman–Crippen MR) is 104 cm³/mol. The van der Waals surface area contributed by atoms with E-state index in [0.717, 1.165) is 36.4 Å². The van der Waals surface area contributed by atoms with Gasteiger partial charge in [-0.05, 0) is 31.2 Å². The summed E-state index contributed by atoms with van der Waals surface area (Å²) >= 11 is 0. The molecule has 1 N–H and O–H groups in total. The van der Waals surface area contributed by atoms with Gasteiger partial charge in [-0.25, -0.2) is 8.42 Å². The van der Waals surface area contributed by atoms with Gasteiger partial charge < -0.3 is 0 Å². The number of nitrogens with one attached hydrogen (secondary N) is 1. The van der Waals surface area contributed by atoms with E-state index in [0.29, 0.717) is 19.1 Å². The minimum atomic E-state index is -5.34. The maximum absolute atomic E-state index is 13.7. The van der Waals surface area contributed by atoms with Crippen molar-refractivity contribution >= 4 is 31.5 Å². The van der Waals surface area contributed by atoms with Gasteiger partial charge in [0, 0.05) is 24.3 Å². The van der Waals surface area contributed by atoms with Gasteiger partial charge in [-0.3, -0.25) is 24.4 Å². The lowest BCUT2D eigenvalue weighted by Gasteiger charge is -2.32. The second-order valence-corrected chi connectivity index (χ2v) is 9.95. The second kappa shape index (κ2) is 9.00. The molecule has 0 bridgehead atoms. The van der Waals surface area contributed by atoms with Crippen LogP contribution in [-0.2, 0) is 24.3 Å². The molecule has 0 aliphatic rings. The topological polar surface area (TPSA) is 176 Å². The summed E-state index contributed by atoms with van der Waals surface area (Å²) in [5.41, 5.74) is -4.43. The highest BCUT2D eigenvalue weighted by Crippen LogP contribution is 2.33. The summed E-state index contributed by atoms with van der Waals surface area (Å²) in [5.74, 6) is 0. The number of hydrogen-bond donors (Lipinski definition) is 1. The van der Waals surface area contributed by atoms with E-state index in [2.05, 4.69) is 4.18 Å². The van der Waals surface area contributed by atoms with Gasteiger partial charge in [0.25, 0.3) is 21.5 Å². The summed E-state index contributed by atoms with van der Waals surface area (Å²) in [6.07, 6.45) is -5.34. The molecule has 2 aromatic rings. The maximum Gasteiger partial charge on any atom is 0.409 e. The van der Waals surface area contributed by atoms with E-state index in [1.807, 2.05) is 0 Å². The van der Waals surface area contributed by atoms with Crippen molar-refractivity contribution in [1.82, 2.24) is 4.72 Å². The molecule has 0 amide bonds. The Bertz CT molecular complexity index is 1260. The van der Waals surface area contributed by atoms with Crippen molar-refractivity contribution in [1.29, 1.82) is 0 Å². The average Bonchev–Trinajstić information content (AvgIpc) is 2.71. The molecule has 0 saturated carbocycles. The van der Waals surface area contributed by atoms with Crippen molar-refractivity contribution < 1.29 is 44.0 Å². The van der Waals surface area contributed by atoms with Crippen LogP contribution in [0.15, 0.2) is 58.3 Å². The lowest BCUT2D eigenvalue weighted by molar-refractivity contribution is -0.385. The highest BCUT2D eigenvalue weighted by molar-refractivity contribution is 7.89. The Morgan fingerprint density at radius 3 is 1.61 bits per heavy atom. The summed E-state index contributed by atoms with van der Waals surface area (Å²) in [6, 6.07) is 5.97. The van der Waals surface area contributed by atoms with Gasteiger partial charge >= 0.3 is 6.18 Å². The third-order valence-corrected chi connectivity index (χ3v) is 7.07. The number of halogens is 3. The fourth-order valence-corrected chi connectivity index (χ4v) is 4.65. The standard InChI is InChI=1S/C16H14F3N3O9S2/c1-15(16(17,18)19,20-32(27,28)13-6-2-11(3-7-13)21(23)24)10-31-33(29,30)14-8-4-12(5-9-14)22(25)26/h2-9,20H,10H2,1H3/t15-/m0/s1. The Balaban J connectivity index is 2.30. The molecular formula is C16H14F3N3O9S2. The largest absolute Gasteiger partial charge is 0.409 e. The normalized spacial score (nSPS) is 14.4. The number of sulfonamides is 1. The van der Waals surface area contributed by atoms with E-state index in [4.69, 9.17) is 0 Å². The SMILES string of the molecule is C[C@@](COS(=O)(=O)c1ccc([N+](=O)[O-])cc1)(NS(=O)(=O)c1ccc([N+](=O)[O-])cc1)C(F)(F)F. The van der Waals surface area contributed by atoms with Crippen molar-refractivity contribution in [2.24, 2.45) is 0 Å². The number of nitrogens with zero attached hydrogens (tertiary/aromatic N) is 2. The molecule has 17 heteroatoms. The first-order valence-corrected chi connectivity index (χ1v) is 11.4. The molecular weight excluding hydrogens is 499 g/mol. The lowest BCUT2D eigenvalue weighted by Crippen LogP contribution is -2.59. The third-order valence-electron chi connectivity index (χ3n) is 4.18. The van der Waals surface area contributed by atoms with Gasteiger partial charge in [0.05, 0.1) is 26.2 Å². The van der Waals surface area contributed by atoms with Gasteiger partial charge in [-0.2, -0.15) is 26.3 Å². The highest BCUT2D eigenvalue weighted by atomic mass is 32.2. The Morgan fingerprint density at radius 2 is 1.24 bits per heavy atom. The third kappa shape index (κ3) is 6.01. The van der Waals surface area contributed by atoms with Crippen LogP contribution in [0.1, 0.15) is 6.92 Å². The molecule has 33 heavy (non-hydrogen) atoms. The minimum Gasteiger partial charge on any atom is -0.264 e. The zero-order valence-corrected chi connectivity index (χ0v) is 18.0. The summed E-state index contributed by atoms with van der Waals surface area (Å²) in [6.45, 7) is -1.39. The Hall–Kier alpha value is -3.15. The Morgan fingerprint density at radius 1 is 0.848 bits per heavy atom. The maximum atomic E-state index is 13.7. The van der Waals surface area contributed by atoms with Gasteiger partial charge in [-0.1, -0.05) is 0 Å². The van der Waals surface area contributed by atoms with Crippen molar-refractivity contribution in [3.05, 3.63) is 68.8 Å². The molecule has 12 nitrogen and oxygen atoms in total. The van der Waals surface area contributed by atoms with E-state index < -0.39 is 69.5 Å². The fraction of sp³-hybridized carbons (Fsp3) is 0.250. The van der Waals surface area contributed by atoms with Crippen LogP contribution in [0.25, 0.3) is 0 Å². The number of rotatable bonds is 9. The van der Waals surface area contributed by atoms with Crippen LogP contribution in [0.3, 0.4) is 0 Å². The van der Waals surface area contributed by atoms with E-state index in [1.165, 1.54) is 4.72 Å². The molecule has 0 spiro atoms. The van der Waals surface area contributed by atoms with Gasteiger partial charge in [-0.15, -0.1) is 0 Å². The molecule has 2 aromatic carbocycles. The summed E-state index contributed by atoms with van der Waals surface area (Å²) in [7, 11) is -9.80. The summed E-state index contributed by atoms with van der Waals surface area (Å²) < 4.78 is 96.0. The first-order chi connectivity index (χ1) is 15.0. The number of hydrogen-bond acceptors (Lipinski definition) is 9. The molecule has 0 fully saturated rings. The average molecular weight is 513 g/mol. The van der Waals surface area contributed by atoms with Gasteiger partial charge in [0.1, 0.15) is 0 Å². The van der Waals surface area contributed by atoms with Crippen LogP contribution in [0.2, 0.25) is 0 Å². The molecule has 0 radical (unpaired) electrons. The van der Waals surface area contributed by atoms with Crippen molar-refractivity contribution in [2.45, 2.75) is 28.4 Å². The van der Waals surface area contributed by atoms with Gasteiger partial charge in [0.15, 0.2) is 5.54 Å².